The van der Waals surface area contributed by atoms with Crippen molar-refractivity contribution in [3.05, 3.63) is 18.4 Å². The van der Waals surface area contributed by atoms with Crippen molar-refractivity contribution in [2.45, 2.75) is 12.1 Å². The standard InChI is InChI=1S/C10H14N4O3S2/c1-2-19(15,16)7-6-18-10-13-12-9(14(10)11)8-4-3-5-17-8/h3-5H,2,6-7,11H2,1H3. The molecule has 2 aromatic rings. The first-order chi connectivity index (χ1) is 9.03. The van der Waals surface area contributed by atoms with Gasteiger partial charge in [0.15, 0.2) is 15.6 Å². The van der Waals surface area contributed by atoms with Crippen molar-refractivity contribution in [2.75, 3.05) is 23.1 Å². The molecule has 0 aliphatic carbocycles. The summed E-state index contributed by atoms with van der Waals surface area (Å²) in [4.78, 5) is 0. The smallest absolute Gasteiger partial charge is 0.218 e. The largest absolute Gasteiger partial charge is 0.461 e. The molecule has 0 amide bonds. The first-order valence-electron chi connectivity index (χ1n) is 5.61. The third-order valence-corrected chi connectivity index (χ3v) is 5.38. The van der Waals surface area contributed by atoms with E-state index in [0.29, 0.717) is 22.5 Å². The number of nitrogens with zero attached hydrogens (tertiary/aromatic N) is 3. The maximum absolute atomic E-state index is 11.4. The van der Waals surface area contributed by atoms with Crippen LogP contribution in [0.25, 0.3) is 11.6 Å². The van der Waals surface area contributed by atoms with E-state index < -0.39 is 9.84 Å². The number of sulfone groups is 1. The molecule has 0 aromatic carbocycles. The van der Waals surface area contributed by atoms with Crippen LogP contribution in [0.2, 0.25) is 0 Å². The summed E-state index contributed by atoms with van der Waals surface area (Å²) < 4.78 is 29.2. The Balaban J connectivity index is 2.03. The zero-order chi connectivity index (χ0) is 13.9. The number of hydrogen-bond acceptors (Lipinski definition) is 7. The van der Waals surface area contributed by atoms with Crippen LogP contribution in [-0.4, -0.2) is 40.5 Å². The van der Waals surface area contributed by atoms with Crippen molar-refractivity contribution in [2.24, 2.45) is 0 Å². The normalized spacial score (nSPS) is 11.8. The summed E-state index contributed by atoms with van der Waals surface area (Å²) in [5, 5.41) is 8.29. The molecule has 0 aliphatic rings. The van der Waals surface area contributed by atoms with Gasteiger partial charge < -0.3 is 10.3 Å². The van der Waals surface area contributed by atoms with Crippen LogP contribution in [0.15, 0.2) is 28.0 Å². The van der Waals surface area contributed by atoms with Gasteiger partial charge >= 0.3 is 0 Å². The van der Waals surface area contributed by atoms with Crippen molar-refractivity contribution >= 4 is 21.6 Å². The van der Waals surface area contributed by atoms with Crippen LogP contribution in [0.5, 0.6) is 0 Å². The number of aromatic nitrogens is 3. The van der Waals surface area contributed by atoms with Crippen LogP contribution in [0.3, 0.4) is 0 Å². The minimum Gasteiger partial charge on any atom is -0.461 e. The maximum Gasteiger partial charge on any atom is 0.218 e. The second kappa shape index (κ2) is 5.66. The van der Waals surface area contributed by atoms with Gasteiger partial charge in [-0.2, -0.15) is 0 Å². The molecule has 19 heavy (non-hydrogen) atoms. The molecule has 0 bridgehead atoms. The van der Waals surface area contributed by atoms with Crippen LogP contribution in [-0.2, 0) is 9.84 Å². The third-order valence-electron chi connectivity index (χ3n) is 2.47. The number of furan rings is 1. The summed E-state index contributed by atoms with van der Waals surface area (Å²) in [6, 6.07) is 3.45. The maximum atomic E-state index is 11.4. The molecule has 0 saturated carbocycles. The second-order valence-electron chi connectivity index (χ2n) is 3.74. The zero-order valence-electron chi connectivity index (χ0n) is 10.3. The first-order valence-corrected chi connectivity index (χ1v) is 8.42. The molecule has 2 rings (SSSR count). The van der Waals surface area contributed by atoms with Crippen molar-refractivity contribution in [3.63, 3.8) is 0 Å². The average Bonchev–Trinajstić information content (AvgIpc) is 3.00. The van der Waals surface area contributed by atoms with Crippen LogP contribution in [0, 0.1) is 0 Å². The lowest BCUT2D eigenvalue weighted by molar-refractivity contribution is 0.574. The Morgan fingerprint density at radius 2 is 2.26 bits per heavy atom. The molecule has 7 nitrogen and oxygen atoms in total. The van der Waals surface area contributed by atoms with Crippen molar-refractivity contribution in [1.82, 2.24) is 14.9 Å². The molecule has 2 N–H and O–H groups in total. The van der Waals surface area contributed by atoms with Gasteiger partial charge in [0.2, 0.25) is 11.0 Å². The van der Waals surface area contributed by atoms with Crippen LogP contribution in [0.4, 0.5) is 0 Å². The Kier molecular flexibility index (Phi) is 4.15. The lowest BCUT2D eigenvalue weighted by atomic mass is 10.4. The Labute approximate surface area is 115 Å². The molecule has 9 heteroatoms. The number of thioether (sulfide) groups is 1. The Hall–Kier alpha value is -1.48. The average molecular weight is 302 g/mol. The topological polar surface area (TPSA) is 104 Å². The van der Waals surface area contributed by atoms with Gasteiger partial charge in [0.05, 0.1) is 12.0 Å². The minimum absolute atomic E-state index is 0.0944. The molecule has 0 atom stereocenters. The van der Waals surface area contributed by atoms with Gasteiger partial charge in [-0.05, 0) is 12.1 Å². The van der Waals surface area contributed by atoms with E-state index in [9.17, 15) is 8.42 Å². The molecular formula is C10H14N4O3S2. The lowest BCUT2D eigenvalue weighted by Crippen LogP contribution is -2.13. The molecule has 0 aliphatic heterocycles. The molecule has 0 spiro atoms. The molecule has 0 fully saturated rings. The summed E-state index contributed by atoms with van der Waals surface area (Å²) >= 11 is 1.25. The predicted molar refractivity (Wildman–Crippen MR) is 72.9 cm³/mol. The van der Waals surface area contributed by atoms with E-state index in [0.717, 1.165) is 0 Å². The van der Waals surface area contributed by atoms with E-state index >= 15 is 0 Å². The van der Waals surface area contributed by atoms with E-state index in [2.05, 4.69) is 10.2 Å². The molecular weight excluding hydrogens is 288 g/mol. The van der Waals surface area contributed by atoms with Gasteiger partial charge in [0.25, 0.3) is 0 Å². The van der Waals surface area contributed by atoms with Crippen molar-refractivity contribution in [1.29, 1.82) is 0 Å². The molecule has 0 radical (unpaired) electrons. The second-order valence-corrected chi connectivity index (χ2v) is 7.27. The first kappa shape index (κ1) is 13.9. The Morgan fingerprint density at radius 3 is 2.89 bits per heavy atom. The minimum atomic E-state index is -2.98. The quantitative estimate of drug-likeness (QED) is 0.621. The summed E-state index contributed by atoms with van der Waals surface area (Å²) in [7, 11) is -2.98. The Bertz CT molecular complexity index is 634. The predicted octanol–water partition coefficient (Wildman–Crippen LogP) is 0.779. The Morgan fingerprint density at radius 1 is 1.47 bits per heavy atom. The van der Waals surface area contributed by atoms with Gasteiger partial charge in [-0.15, -0.1) is 10.2 Å². The molecule has 0 unspecified atom stereocenters. The zero-order valence-corrected chi connectivity index (χ0v) is 11.9. The monoisotopic (exact) mass is 302 g/mol. The van der Waals surface area contributed by atoms with Crippen molar-refractivity contribution in [3.8, 4) is 11.6 Å². The molecule has 2 heterocycles. The van der Waals surface area contributed by atoms with Gasteiger partial charge in [-0.3, -0.25) is 0 Å². The van der Waals surface area contributed by atoms with Gasteiger partial charge in [0.1, 0.15) is 0 Å². The van der Waals surface area contributed by atoms with E-state index in [1.165, 1.54) is 22.7 Å². The van der Waals surface area contributed by atoms with Crippen molar-refractivity contribution < 1.29 is 12.8 Å². The highest BCUT2D eigenvalue weighted by Crippen LogP contribution is 2.21. The van der Waals surface area contributed by atoms with Crippen LogP contribution < -0.4 is 5.84 Å². The van der Waals surface area contributed by atoms with E-state index in [1.807, 2.05) is 0 Å². The third kappa shape index (κ3) is 3.29. The summed E-state index contributed by atoms with van der Waals surface area (Å²) in [5.74, 6) is 7.39. The van der Waals surface area contributed by atoms with Gasteiger partial charge in [0, 0.05) is 11.5 Å². The lowest BCUT2D eigenvalue weighted by Gasteiger charge is -2.02. The summed E-state index contributed by atoms with van der Waals surface area (Å²) in [6.07, 6.45) is 1.52. The molecule has 0 saturated heterocycles. The highest BCUT2D eigenvalue weighted by molar-refractivity contribution is 8.00. The molecule has 2 aromatic heterocycles. The van der Waals surface area contributed by atoms with E-state index in [4.69, 9.17) is 10.3 Å². The fraction of sp³-hybridized carbons (Fsp3) is 0.400. The number of nitrogens with two attached hydrogens (primary N) is 1. The SMILES string of the molecule is CCS(=O)(=O)CCSc1nnc(-c2ccco2)n1N. The summed E-state index contributed by atoms with van der Waals surface area (Å²) in [5.41, 5.74) is 0. The number of rotatable bonds is 6. The fourth-order valence-electron chi connectivity index (χ4n) is 1.35. The van der Waals surface area contributed by atoms with Gasteiger partial charge in [-0.25, -0.2) is 13.1 Å². The number of hydrogen-bond donors (Lipinski definition) is 1. The highest BCUT2D eigenvalue weighted by Gasteiger charge is 2.15. The molecule has 104 valence electrons. The van der Waals surface area contributed by atoms with Crippen LogP contribution in [0.1, 0.15) is 6.92 Å². The number of nitrogen functional groups attached to an aromatic ring is 1. The van der Waals surface area contributed by atoms with Crippen LogP contribution >= 0.6 is 11.8 Å². The van der Waals surface area contributed by atoms with Gasteiger partial charge in [-0.1, -0.05) is 18.7 Å². The fourth-order valence-corrected chi connectivity index (χ4v) is 3.50. The van der Waals surface area contributed by atoms with E-state index in [1.54, 1.807) is 19.1 Å². The van der Waals surface area contributed by atoms with E-state index in [-0.39, 0.29) is 11.5 Å². The summed E-state index contributed by atoms with van der Waals surface area (Å²) in [6.45, 7) is 1.63. The highest BCUT2D eigenvalue weighted by atomic mass is 32.2.